The summed E-state index contributed by atoms with van der Waals surface area (Å²) in [5.41, 5.74) is 1.16. The third-order valence-electron chi connectivity index (χ3n) is 4.86. The Labute approximate surface area is 205 Å². The van der Waals surface area contributed by atoms with E-state index in [1.54, 1.807) is 11.3 Å². The second kappa shape index (κ2) is 13.6. The molecule has 0 spiro atoms. The van der Waals surface area contributed by atoms with Crippen molar-refractivity contribution in [3.63, 3.8) is 0 Å². The molecule has 0 bridgehead atoms. The van der Waals surface area contributed by atoms with Crippen LogP contribution in [0.2, 0.25) is 0 Å². The molecule has 0 saturated carbocycles. The molecule has 2 N–H and O–H groups in total. The molecule has 0 aliphatic carbocycles. The van der Waals surface area contributed by atoms with Crippen LogP contribution in [0.15, 0.2) is 27.9 Å². The number of hydrogen-bond acceptors (Lipinski definition) is 6. The number of hydrogen-bond donors (Lipinski definition) is 2. The van der Waals surface area contributed by atoms with Gasteiger partial charge in [0.15, 0.2) is 5.96 Å². The fourth-order valence-electron chi connectivity index (χ4n) is 3.29. The molecule has 2 aromatic rings. The summed E-state index contributed by atoms with van der Waals surface area (Å²) in [6, 6.07) is 4.65. The Bertz CT molecular complexity index is 744. The summed E-state index contributed by atoms with van der Waals surface area (Å²) in [5, 5.41) is 12.4. The monoisotopic (exact) mass is 563 g/mol. The van der Waals surface area contributed by atoms with E-state index < -0.39 is 0 Å². The highest BCUT2D eigenvalue weighted by atomic mass is 127. The summed E-state index contributed by atoms with van der Waals surface area (Å²) in [5.74, 6) is 1.37. The van der Waals surface area contributed by atoms with Crippen molar-refractivity contribution in [2.45, 2.75) is 39.2 Å². The van der Waals surface area contributed by atoms with Crippen LogP contribution in [0, 0.1) is 0 Å². The zero-order valence-electron chi connectivity index (χ0n) is 18.1. The van der Waals surface area contributed by atoms with Gasteiger partial charge in [0.25, 0.3) is 0 Å². The summed E-state index contributed by atoms with van der Waals surface area (Å²) in [6.45, 7) is 12.4. The number of thiophene rings is 1. The van der Waals surface area contributed by atoms with Crippen LogP contribution in [-0.4, -0.2) is 61.8 Å². The SMILES string of the molecule is CCNC(=NCC(c1cccs1)N1CCOCC1)NCCc1csc(C(C)C)n1.I. The predicted octanol–water partition coefficient (Wildman–Crippen LogP) is 4.12. The Morgan fingerprint density at radius 1 is 1.27 bits per heavy atom. The lowest BCUT2D eigenvalue weighted by Crippen LogP contribution is -2.42. The second-order valence-corrected chi connectivity index (χ2v) is 9.28. The number of thiazole rings is 1. The van der Waals surface area contributed by atoms with Crippen LogP contribution >= 0.6 is 46.7 Å². The Hall–Kier alpha value is -0.750. The summed E-state index contributed by atoms with van der Waals surface area (Å²) in [4.78, 5) is 13.5. The van der Waals surface area contributed by atoms with E-state index in [0.717, 1.165) is 64.0 Å². The Kier molecular flexibility index (Phi) is 11.6. The average Bonchev–Trinajstić information content (AvgIpc) is 3.41. The van der Waals surface area contributed by atoms with Gasteiger partial charge in [0.1, 0.15) is 0 Å². The first kappa shape index (κ1) is 25.5. The Balaban J connectivity index is 0.00000320. The van der Waals surface area contributed by atoms with Gasteiger partial charge in [0.05, 0.1) is 36.5 Å². The van der Waals surface area contributed by atoms with Crippen molar-refractivity contribution in [1.29, 1.82) is 0 Å². The number of morpholine rings is 1. The van der Waals surface area contributed by atoms with Gasteiger partial charge in [0, 0.05) is 48.8 Å². The Morgan fingerprint density at radius 2 is 2.07 bits per heavy atom. The van der Waals surface area contributed by atoms with E-state index in [2.05, 4.69) is 59.2 Å². The van der Waals surface area contributed by atoms with E-state index in [1.807, 2.05) is 11.3 Å². The van der Waals surface area contributed by atoms with E-state index in [-0.39, 0.29) is 24.0 Å². The molecule has 1 unspecified atom stereocenters. The summed E-state index contributed by atoms with van der Waals surface area (Å²) in [7, 11) is 0. The van der Waals surface area contributed by atoms with Gasteiger partial charge < -0.3 is 15.4 Å². The van der Waals surface area contributed by atoms with Gasteiger partial charge in [-0.05, 0) is 18.4 Å². The largest absolute Gasteiger partial charge is 0.379 e. The summed E-state index contributed by atoms with van der Waals surface area (Å²) >= 11 is 3.57. The van der Waals surface area contributed by atoms with Gasteiger partial charge in [-0.3, -0.25) is 9.89 Å². The zero-order valence-corrected chi connectivity index (χ0v) is 22.1. The predicted molar refractivity (Wildman–Crippen MR) is 139 cm³/mol. The van der Waals surface area contributed by atoms with Crippen molar-refractivity contribution < 1.29 is 4.74 Å². The topological polar surface area (TPSA) is 61.8 Å². The fourth-order valence-corrected chi connectivity index (χ4v) is 5.01. The third kappa shape index (κ3) is 7.74. The fraction of sp³-hybridized carbons (Fsp3) is 0.619. The summed E-state index contributed by atoms with van der Waals surface area (Å²) < 4.78 is 5.54. The number of aromatic nitrogens is 1. The maximum absolute atomic E-state index is 5.54. The maximum Gasteiger partial charge on any atom is 0.191 e. The quantitative estimate of drug-likeness (QED) is 0.273. The molecular weight excluding hydrogens is 529 g/mol. The minimum atomic E-state index is 0. The molecule has 6 nitrogen and oxygen atoms in total. The molecule has 2 aromatic heterocycles. The number of guanidine groups is 1. The lowest BCUT2D eigenvalue weighted by Gasteiger charge is -2.33. The molecule has 0 radical (unpaired) electrons. The van der Waals surface area contributed by atoms with Crippen molar-refractivity contribution in [2.75, 3.05) is 45.9 Å². The van der Waals surface area contributed by atoms with Crippen LogP contribution in [0.3, 0.4) is 0 Å². The molecule has 3 heterocycles. The highest BCUT2D eigenvalue weighted by Gasteiger charge is 2.23. The molecule has 9 heteroatoms. The molecule has 1 aliphatic rings. The first-order valence-corrected chi connectivity index (χ1v) is 12.2. The molecule has 1 aliphatic heterocycles. The van der Waals surface area contributed by atoms with Crippen LogP contribution in [0.1, 0.15) is 48.3 Å². The van der Waals surface area contributed by atoms with Gasteiger partial charge in [-0.15, -0.1) is 46.7 Å². The molecule has 0 amide bonds. The van der Waals surface area contributed by atoms with Gasteiger partial charge in [-0.25, -0.2) is 4.98 Å². The van der Waals surface area contributed by atoms with Gasteiger partial charge in [0.2, 0.25) is 0 Å². The first-order chi connectivity index (χ1) is 14.2. The molecule has 168 valence electrons. The number of nitrogens with zero attached hydrogens (tertiary/aromatic N) is 3. The van der Waals surface area contributed by atoms with Crippen LogP contribution < -0.4 is 10.6 Å². The minimum Gasteiger partial charge on any atom is -0.379 e. The molecule has 1 saturated heterocycles. The van der Waals surface area contributed by atoms with Crippen molar-refractivity contribution in [2.24, 2.45) is 4.99 Å². The first-order valence-electron chi connectivity index (χ1n) is 10.5. The van der Waals surface area contributed by atoms with E-state index in [4.69, 9.17) is 14.7 Å². The highest BCUT2D eigenvalue weighted by Crippen LogP contribution is 2.26. The van der Waals surface area contributed by atoms with Crippen molar-refractivity contribution in [3.05, 3.63) is 38.5 Å². The molecule has 0 aromatic carbocycles. The van der Waals surface area contributed by atoms with E-state index in [1.165, 1.54) is 9.88 Å². The highest BCUT2D eigenvalue weighted by molar-refractivity contribution is 14.0. The van der Waals surface area contributed by atoms with Gasteiger partial charge in [-0.1, -0.05) is 19.9 Å². The average molecular weight is 564 g/mol. The van der Waals surface area contributed by atoms with Crippen molar-refractivity contribution >= 4 is 52.6 Å². The Morgan fingerprint density at radius 3 is 2.70 bits per heavy atom. The van der Waals surface area contributed by atoms with Crippen LogP contribution in [0.25, 0.3) is 0 Å². The zero-order chi connectivity index (χ0) is 20.5. The van der Waals surface area contributed by atoms with Crippen LogP contribution in [-0.2, 0) is 11.2 Å². The lowest BCUT2D eigenvalue weighted by atomic mass is 10.2. The van der Waals surface area contributed by atoms with E-state index in [0.29, 0.717) is 12.0 Å². The molecule has 30 heavy (non-hydrogen) atoms. The normalized spacial score (nSPS) is 16.3. The lowest BCUT2D eigenvalue weighted by molar-refractivity contribution is 0.0186. The van der Waals surface area contributed by atoms with E-state index in [9.17, 15) is 0 Å². The number of halogens is 1. The number of ether oxygens (including phenoxy) is 1. The number of aliphatic imine (C=N–C) groups is 1. The van der Waals surface area contributed by atoms with Crippen LogP contribution in [0.5, 0.6) is 0 Å². The summed E-state index contributed by atoms with van der Waals surface area (Å²) in [6.07, 6.45) is 0.908. The van der Waals surface area contributed by atoms with Gasteiger partial charge in [-0.2, -0.15) is 0 Å². The molecule has 3 rings (SSSR count). The van der Waals surface area contributed by atoms with Crippen molar-refractivity contribution in [3.8, 4) is 0 Å². The third-order valence-corrected chi connectivity index (χ3v) is 7.03. The van der Waals surface area contributed by atoms with E-state index >= 15 is 0 Å². The van der Waals surface area contributed by atoms with Crippen LogP contribution in [0.4, 0.5) is 0 Å². The maximum atomic E-state index is 5.54. The molecule has 1 fully saturated rings. The standard InChI is InChI=1S/C21H33N5OS2.HI/c1-4-22-21(23-8-7-17-15-29-20(25-17)16(2)3)24-14-18(19-6-5-13-28-19)26-9-11-27-12-10-26;/h5-6,13,15-16,18H,4,7-12,14H2,1-3H3,(H2,22,23,24);1H. The minimum absolute atomic E-state index is 0. The smallest absolute Gasteiger partial charge is 0.191 e. The number of rotatable bonds is 9. The second-order valence-electron chi connectivity index (χ2n) is 7.41. The molecule has 1 atom stereocenters. The number of nitrogens with one attached hydrogen (secondary N) is 2. The van der Waals surface area contributed by atoms with Gasteiger partial charge >= 0.3 is 0 Å². The van der Waals surface area contributed by atoms with Crippen molar-refractivity contribution in [1.82, 2.24) is 20.5 Å². The molecular formula is C21H34IN5OS2.